The lowest BCUT2D eigenvalue weighted by atomic mass is 10.0. The molecule has 30 heavy (non-hydrogen) atoms. The smallest absolute Gasteiger partial charge is 0.394 e. The summed E-state index contributed by atoms with van der Waals surface area (Å²) in [5, 5.41) is 18.2. The molecule has 0 aliphatic carbocycles. The summed E-state index contributed by atoms with van der Waals surface area (Å²) in [6.07, 6.45) is -4.54. The number of aliphatic hydroxyl groups excluding tert-OH is 1. The molecule has 2 amide bonds. The van der Waals surface area contributed by atoms with E-state index < -0.39 is 36.2 Å². The largest absolute Gasteiger partial charge is 0.416 e. The van der Waals surface area contributed by atoms with Gasteiger partial charge in [0.1, 0.15) is 0 Å². The zero-order chi connectivity index (χ0) is 21.7. The van der Waals surface area contributed by atoms with Gasteiger partial charge in [0.15, 0.2) is 0 Å². The average molecular weight is 434 g/mol. The first-order valence-corrected chi connectivity index (χ1v) is 9.75. The molecule has 1 aromatic heterocycles. The SMILES string of the molecule is O=C(Nc1ccccc1C(=O)NC(CO)c1cccc(C(F)(F)F)c1)c1ccsc1. The van der Waals surface area contributed by atoms with E-state index in [1.54, 1.807) is 29.0 Å². The molecule has 156 valence electrons. The molecule has 0 aliphatic heterocycles. The molecular weight excluding hydrogens is 417 g/mol. The molecule has 5 nitrogen and oxygen atoms in total. The molecule has 0 saturated carbocycles. The van der Waals surface area contributed by atoms with Crippen LogP contribution in [0.15, 0.2) is 65.4 Å². The topological polar surface area (TPSA) is 78.4 Å². The van der Waals surface area contributed by atoms with Gasteiger partial charge in [0, 0.05) is 5.38 Å². The van der Waals surface area contributed by atoms with Crippen molar-refractivity contribution in [1.82, 2.24) is 5.32 Å². The van der Waals surface area contributed by atoms with Gasteiger partial charge in [-0.05, 0) is 41.3 Å². The maximum absolute atomic E-state index is 13.0. The Morgan fingerprint density at radius 1 is 1.03 bits per heavy atom. The number of rotatable bonds is 6. The fraction of sp³-hybridized carbons (Fsp3) is 0.143. The Hall–Kier alpha value is -3.17. The molecule has 0 spiro atoms. The number of amides is 2. The number of nitrogens with one attached hydrogen (secondary N) is 2. The third-order valence-corrected chi connectivity index (χ3v) is 4.99. The first-order chi connectivity index (χ1) is 14.3. The first-order valence-electron chi connectivity index (χ1n) is 8.81. The van der Waals surface area contributed by atoms with Crippen molar-refractivity contribution in [3.05, 3.63) is 87.6 Å². The van der Waals surface area contributed by atoms with Gasteiger partial charge >= 0.3 is 6.18 Å². The Balaban J connectivity index is 1.81. The van der Waals surface area contributed by atoms with Crippen molar-refractivity contribution in [2.45, 2.75) is 12.2 Å². The summed E-state index contributed by atoms with van der Waals surface area (Å²) in [5.74, 6) is -1.04. The Labute approximate surface area is 174 Å². The molecule has 3 aromatic rings. The normalized spacial score (nSPS) is 12.3. The Morgan fingerprint density at radius 3 is 2.47 bits per heavy atom. The minimum Gasteiger partial charge on any atom is -0.394 e. The number of carbonyl (C=O) groups excluding carboxylic acids is 2. The van der Waals surface area contributed by atoms with Gasteiger partial charge < -0.3 is 15.7 Å². The molecule has 0 bridgehead atoms. The second-order valence-corrected chi connectivity index (χ2v) is 7.12. The van der Waals surface area contributed by atoms with Crippen molar-refractivity contribution in [3.8, 4) is 0 Å². The molecule has 9 heteroatoms. The number of thiophene rings is 1. The molecule has 0 fully saturated rings. The minimum absolute atomic E-state index is 0.112. The van der Waals surface area contributed by atoms with E-state index in [4.69, 9.17) is 0 Å². The van der Waals surface area contributed by atoms with Gasteiger partial charge in [0.05, 0.1) is 35.0 Å². The van der Waals surface area contributed by atoms with Gasteiger partial charge in [-0.1, -0.05) is 24.3 Å². The third-order valence-electron chi connectivity index (χ3n) is 4.31. The Morgan fingerprint density at radius 2 is 1.80 bits per heavy atom. The summed E-state index contributed by atoms with van der Waals surface area (Å²) in [6, 6.07) is 11.2. The first kappa shape index (κ1) is 21.5. The van der Waals surface area contributed by atoms with E-state index in [9.17, 15) is 27.9 Å². The van der Waals surface area contributed by atoms with Crippen molar-refractivity contribution in [3.63, 3.8) is 0 Å². The van der Waals surface area contributed by atoms with Crippen LogP contribution in [-0.4, -0.2) is 23.5 Å². The van der Waals surface area contributed by atoms with Crippen molar-refractivity contribution in [1.29, 1.82) is 0 Å². The van der Waals surface area contributed by atoms with Crippen LogP contribution in [0, 0.1) is 0 Å². The van der Waals surface area contributed by atoms with Crippen molar-refractivity contribution in [2.75, 3.05) is 11.9 Å². The molecular formula is C21H17F3N2O3S. The van der Waals surface area contributed by atoms with E-state index >= 15 is 0 Å². The third kappa shape index (κ3) is 5.05. The van der Waals surface area contributed by atoms with Gasteiger partial charge in [-0.15, -0.1) is 0 Å². The fourth-order valence-corrected chi connectivity index (χ4v) is 3.42. The Kier molecular flexibility index (Phi) is 6.53. The molecule has 3 N–H and O–H groups in total. The highest BCUT2D eigenvalue weighted by Gasteiger charge is 2.31. The maximum atomic E-state index is 13.0. The fourth-order valence-electron chi connectivity index (χ4n) is 2.78. The number of halogens is 3. The number of hydrogen-bond acceptors (Lipinski definition) is 4. The van der Waals surface area contributed by atoms with E-state index in [-0.39, 0.29) is 16.8 Å². The molecule has 0 aliphatic rings. The monoisotopic (exact) mass is 434 g/mol. The average Bonchev–Trinajstić information content (AvgIpc) is 3.27. The zero-order valence-electron chi connectivity index (χ0n) is 15.4. The summed E-state index contributed by atoms with van der Waals surface area (Å²) in [7, 11) is 0. The summed E-state index contributed by atoms with van der Waals surface area (Å²) < 4.78 is 38.9. The highest BCUT2D eigenvalue weighted by molar-refractivity contribution is 7.08. The lowest BCUT2D eigenvalue weighted by Gasteiger charge is -2.19. The van der Waals surface area contributed by atoms with Crippen LogP contribution >= 0.6 is 11.3 Å². The van der Waals surface area contributed by atoms with E-state index in [2.05, 4.69) is 10.6 Å². The maximum Gasteiger partial charge on any atom is 0.416 e. The van der Waals surface area contributed by atoms with Crippen LogP contribution in [0.2, 0.25) is 0 Å². The van der Waals surface area contributed by atoms with Gasteiger partial charge in [0.25, 0.3) is 11.8 Å². The van der Waals surface area contributed by atoms with Crippen molar-refractivity contribution in [2.24, 2.45) is 0 Å². The van der Waals surface area contributed by atoms with Crippen LogP contribution in [-0.2, 0) is 6.18 Å². The van der Waals surface area contributed by atoms with Crippen LogP contribution in [0.3, 0.4) is 0 Å². The molecule has 1 atom stereocenters. The quantitative estimate of drug-likeness (QED) is 0.535. The minimum atomic E-state index is -4.54. The van der Waals surface area contributed by atoms with Crippen LogP contribution < -0.4 is 10.6 Å². The highest BCUT2D eigenvalue weighted by atomic mass is 32.1. The predicted octanol–water partition coefficient (Wildman–Crippen LogP) is 4.48. The summed E-state index contributed by atoms with van der Waals surface area (Å²) in [5.41, 5.74) is 0.0300. The number of para-hydroxylation sites is 1. The molecule has 1 heterocycles. The summed E-state index contributed by atoms with van der Waals surface area (Å²) >= 11 is 1.35. The molecule has 0 saturated heterocycles. The van der Waals surface area contributed by atoms with Crippen LogP contribution in [0.25, 0.3) is 0 Å². The van der Waals surface area contributed by atoms with Crippen molar-refractivity contribution < 1.29 is 27.9 Å². The molecule has 1 unspecified atom stereocenters. The number of anilines is 1. The second kappa shape index (κ2) is 9.10. The number of hydrogen-bond donors (Lipinski definition) is 3. The second-order valence-electron chi connectivity index (χ2n) is 6.34. The van der Waals surface area contributed by atoms with Crippen molar-refractivity contribution >= 4 is 28.8 Å². The number of benzene rings is 2. The van der Waals surface area contributed by atoms with Gasteiger partial charge in [-0.25, -0.2) is 0 Å². The lowest BCUT2D eigenvalue weighted by Crippen LogP contribution is -2.31. The molecule has 2 aromatic carbocycles. The van der Waals surface area contributed by atoms with Crippen LogP contribution in [0.5, 0.6) is 0 Å². The standard InChI is InChI=1S/C21H17F3N2O3S/c22-21(23,24)15-5-3-4-13(10-15)18(11-27)26-20(29)16-6-1-2-7-17(16)25-19(28)14-8-9-30-12-14/h1-10,12,18,27H,11H2,(H,25,28)(H,26,29). The lowest BCUT2D eigenvalue weighted by molar-refractivity contribution is -0.137. The van der Waals surface area contributed by atoms with Gasteiger partial charge in [-0.3, -0.25) is 9.59 Å². The van der Waals surface area contributed by atoms with Crippen LogP contribution in [0.1, 0.15) is 37.9 Å². The number of alkyl halides is 3. The van der Waals surface area contributed by atoms with Gasteiger partial charge in [-0.2, -0.15) is 24.5 Å². The van der Waals surface area contributed by atoms with E-state index in [0.717, 1.165) is 12.1 Å². The number of aliphatic hydroxyl groups is 1. The molecule has 0 radical (unpaired) electrons. The van der Waals surface area contributed by atoms with Gasteiger partial charge in [0.2, 0.25) is 0 Å². The zero-order valence-corrected chi connectivity index (χ0v) is 16.3. The summed E-state index contributed by atoms with van der Waals surface area (Å²) in [6.45, 7) is -0.601. The van der Waals surface area contributed by atoms with E-state index in [0.29, 0.717) is 5.56 Å². The van der Waals surface area contributed by atoms with E-state index in [1.165, 1.54) is 35.6 Å². The van der Waals surface area contributed by atoms with E-state index in [1.807, 2.05) is 0 Å². The molecule has 3 rings (SSSR count). The highest BCUT2D eigenvalue weighted by Crippen LogP contribution is 2.31. The number of carbonyl (C=O) groups is 2. The van der Waals surface area contributed by atoms with Crippen LogP contribution in [0.4, 0.5) is 18.9 Å². The predicted molar refractivity (Wildman–Crippen MR) is 107 cm³/mol. The summed E-state index contributed by atoms with van der Waals surface area (Å²) in [4.78, 5) is 25.1. The Bertz CT molecular complexity index is 1040.